The second-order valence-corrected chi connectivity index (χ2v) is 5.58. The largest absolute Gasteiger partial charge is 0.481 e. The molecule has 0 aromatic carbocycles. The van der Waals surface area contributed by atoms with Crippen molar-refractivity contribution in [2.75, 3.05) is 26.2 Å². The number of urea groups is 1. The molecule has 112 valence electrons. The molecule has 1 saturated heterocycles. The minimum atomic E-state index is -0.841. The number of nitrogens with one attached hydrogen (secondary N) is 2. The van der Waals surface area contributed by atoms with E-state index in [0.29, 0.717) is 25.9 Å². The van der Waals surface area contributed by atoms with Gasteiger partial charge in [-0.25, -0.2) is 4.79 Å². The topological polar surface area (TPSA) is 98.7 Å². The molecule has 2 aliphatic rings. The Morgan fingerprint density at radius 3 is 2.60 bits per heavy atom. The smallest absolute Gasteiger partial charge is 0.317 e. The lowest BCUT2D eigenvalue weighted by Gasteiger charge is -2.34. The Bertz CT molecular complexity index is 404. The van der Waals surface area contributed by atoms with E-state index in [4.69, 9.17) is 0 Å². The number of rotatable bonds is 3. The standard InChI is InChI=1S/C13H21N3O4/c17-10-8-16(7-6-14-10)12(20)15-9-13(11(18)19)4-2-1-3-5-13/h1-9H2,(H,14,17)(H,15,20)(H,18,19). The summed E-state index contributed by atoms with van der Waals surface area (Å²) < 4.78 is 0. The van der Waals surface area contributed by atoms with Crippen LogP contribution in [0.3, 0.4) is 0 Å². The summed E-state index contributed by atoms with van der Waals surface area (Å²) in [5, 5.41) is 14.8. The monoisotopic (exact) mass is 283 g/mol. The Hall–Kier alpha value is -1.79. The van der Waals surface area contributed by atoms with Crippen LogP contribution in [0.15, 0.2) is 0 Å². The van der Waals surface area contributed by atoms with Gasteiger partial charge in [0.25, 0.3) is 0 Å². The van der Waals surface area contributed by atoms with Crippen molar-refractivity contribution in [2.24, 2.45) is 5.41 Å². The maximum atomic E-state index is 12.0. The Balaban J connectivity index is 1.90. The lowest BCUT2D eigenvalue weighted by molar-refractivity contribution is -0.150. The summed E-state index contributed by atoms with van der Waals surface area (Å²) in [6.07, 6.45) is 4.02. The molecule has 0 bridgehead atoms. The van der Waals surface area contributed by atoms with Crippen molar-refractivity contribution in [3.63, 3.8) is 0 Å². The van der Waals surface area contributed by atoms with E-state index in [1.54, 1.807) is 0 Å². The molecular weight excluding hydrogens is 262 g/mol. The maximum Gasteiger partial charge on any atom is 0.317 e. The molecule has 0 spiro atoms. The van der Waals surface area contributed by atoms with Crippen molar-refractivity contribution >= 4 is 17.9 Å². The molecule has 3 N–H and O–H groups in total. The zero-order valence-electron chi connectivity index (χ0n) is 11.5. The van der Waals surface area contributed by atoms with Crippen LogP contribution in [0, 0.1) is 5.41 Å². The zero-order valence-corrected chi connectivity index (χ0v) is 11.5. The highest BCUT2D eigenvalue weighted by molar-refractivity contribution is 5.85. The zero-order chi connectivity index (χ0) is 14.6. The van der Waals surface area contributed by atoms with Crippen molar-refractivity contribution in [2.45, 2.75) is 32.1 Å². The summed E-state index contributed by atoms with van der Waals surface area (Å²) >= 11 is 0. The minimum absolute atomic E-state index is 0.0336. The molecule has 2 rings (SSSR count). The van der Waals surface area contributed by atoms with Gasteiger partial charge in [0, 0.05) is 19.6 Å². The Kier molecular flexibility index (Phi) is 4.46. The van der Waals surface area contributed by atoms with Crippen LogP contribution in [0.2, 0.25) is 0 Å². The van der Waals surface area contributed by atoms with E-state index in [1.807, 2.05) is 0 Å². The van der Waals surface area contributed by atoms with Crippen LogP contribution in [0.25, 0.3) is 0 Å². The molecule has 0 radical (unpaired) electrons. The molecule has 0 aromatic rings. The van der Waals surface area contributed by atoms with Crippen molar-refractivity contribution in [3.05, 3.63) is 0 Å². The third-order valence-corrected chi connectivity index (χ3v) is 4.17. The molecule has 3 amide bonds. The minimum Gasteiger partial charge on any atom is -0.481 e. The van der Waals surface area contributed by atoms with Gasteiger partial charge in [-0.05, 0) is 12.8 Å². The summed E-state index contributed by atoms with van der Waals surface area (Å²) in [6, 6.07) is -0.356. The molecule has 1 aliphatic carbocycles. The van der Waals surface area contributed by atoms with Crippen molar-refractivity contribution in [3.8, 4) is 0 Å². The Morgan fingerprint density at radius 2 is 2.00 bits per heavy atom. The molecule has 1 saturated carbocycles. The number of amides is 3. The van der Waals surface area contributed by atoms with E-state index in [2.05, 4.69) is 10.6 Å². The van der Waals surface area contributed by atoms with Gasteiger partial charge in [-0.2, -0.15) is 0 Å². The predicted molar refractivity (Wildman–Crippen MR) is 71.1 cm³/mol. The summed E-state index contributed by atoms with van der Waals surface area (Å²) in [4.78, 5) is 36.1. The fourth-order valence-corrected chi connectivity index (χ4v) is 2.86. The van der Waals surface area contributed by atoms with Gasteiger partial charge in [-0.15, -0.1) is 0 Å². The number of piperazine rings is 1. The number of carboxylic acids is 1. The highest BCUT2D eigenvalue weighted by Crippen LogP contribution is 2.36. The van der Waals surface area contributed by atoms with E-state index in [0.717, 1.165) is 19.3 Å². The van der Waals surface area contributed by atoms with Crippen LogP contribution in [0.4, 0.5) is 4.79 Å². The number of carboxylic acid groups (broad SMARTS) is 1. The first-order chi connectivity index (χ1) is 9.53. The predicted octanol–water partition coefficient (Wildman–Crippen LogP) is 0.163. The number of carbonyl (C=O) groups is 3. The normalized spacial score (nSPS) is 22.0. The first-order valence-corrected chi connectivity index (χ1v) is 7.06. The first kappa shape index (κ1) is 14.6. The molecule has 0 unspecified atom stereocenters. The summed E-state index contributed by atoms with van der Waals surface area (Å²) in [5.74, 6) is -1.02. The van der Waals surface area contributed by atoms with Crippen LogP contribution in [0.1, 0.15) is 32.1 Å². The quantitative estimate of drug-likeness (QED) is 0.687. The van der Waals surface area contributed by atoms with Gasteiger partial charge in [0.2, 0.25) is 5.91 Å². The van der Waals surface area contributed by atoms with Crippen LogP contribution in [-0.4, -0.2) is 54.1 Å². The second kappa shape index (κ2) is 6.11. The van der Waals surface area contributed by atoms with E-state index in [-0.39, 0.29) is 25.0 Å². The SMILES string of the molecule is O=C1CN(C(=O)NCC2(C(=O)O)CCCCC2)CCN1. The number of aliphatic carboxylic acids is 1. The first-order valence-electron chi connectivity index (χ1n) is 7.06. The average Bonchev–Trinajstić information content (AvgIpc) is 2.45. The third-order valence-electron chi connectivity index (χ3n) is 4.17. The van der Waals surface area contributed by atoms with Crippen LogP contribution in [0.5, 0.6) is 0 Å². The van der Waals surface area contributed by atoms with E-state index in [1.165, 1.54) is 4.90 Å². The van der Waals surface area contributed by atoms with Gasteiger partial charge >= 0.3 is 12.0 Å². The van der Waals surface area contributed by atoms with Crippen LogP contribution in [-0.2, 0) is 9.59 Å². The van der Waals surface area contributed by atoms with Gasteiger partial charge in [0.15, 0.2) is 0 Å². The highest BCUT2D eigenvalue weighted by Gasteiger charge is 2.40. The summed E-state index contributed by atoms with van der Waals surface area (Å²) in [6.45, 7) is 1.07. The number of nitrogens with zero attached hydrogens (tertiary/aromatic N) is 1. The van der Waals surface area contributed by atoms with Gasteiger partial charge in [-0.1, -0.05) is 19.3 Å². The Labute approximate surface area is 117 Å². The second-order valence-electron chi connectivity index (χ2n) is 5.58. The number of carbonyl (C=O) groups excluding carboxylic acids is 2. The average molecular weight is 283 g/mol. The fraction of sp³-hybridized carbons (Fsp3) is 0.769. The third kappa shape index (κ3) is 3.20. The number of hydrogen-bond acceptors (Lipinski definition) is 3. The Morgan fingerprint density at radius 1 is 1.30 bits per heavy atom. The van der Waals surface area contributed by atoms with Gasteiger partial charge in [0.1, 0.15) is 6.54 Å². The summed E-state index contributed by atoms with van der Waals surface area (Å²) in [5.41, 5.74) is -0.841. The molecule has 1 heterocycles. The maximum absolute atomic E-state index is 12.0. The fourth-order valence-electron chi connectivity index (χ4n) is 2.86. The van der Waals surface area contributed by atoms with Gasteiger partial charge in [0.05, 0.1) is 5.41 Å². The molecule has 0 atom stereocenters. The van der Waals surface area contributed by atoms with Crippen LogP contribution < -0.4 is 10.6 Å². The lowest BCUT2D eigenvalue weighted by atomic mass is 9.74. The van der Waals surface area contributed by atoms with Crippen molar-refractivity contribution in [1.82, 2.24) is 15.5 Å². The molecule has 7 nitrogen and oxygen atoms in total. The molecule has 2 fully saturated rings. The molecular formula is C13H21N3O4. The number of hydrogen-bond donors (Lipinski definition) is 3. The van der Waals surface area contributed by atoms with Gasteiger partial charge in [-0.3, -0.25) is 9.59 Å². The summed E-state index contributed by atoms with van der Waals surface area (Å²) in [7, 11) is 0. The van der Waals surface area contributed by atoms with Crippen LogP contribution >= 0.6 is 0 Å². The molecule has 1 aliphatic heterocycles. The molecule has 0 aromatic heterocycles. The van der Waals surface area contributed by atoms with Crippen molar-refractivity contribution in [1.29, 1.82) is 0 Å². The van der Waals surface area contributed by atoms with E-state index in [9.17, 15) is 19.5 Å². The molecule has 7 heteroatoms. The van der Waals surface area contributed by atoms with Gasteiger partial charge < -0.3 is 20.6 Å². The lowest BCUT2D eigenvalue weighted by Crippen LogP contribution is -2.55. The van der Waals surface area contributed by atoms with E-state index >= 15 is 0 Å². The van der Waals surface area contributed by atoms with E-state index < -0.39 is 11.4 Å². The highest BCUT2D eigenvalue weighted by atomic mass is 16.4. The van der Waals surface area contributed by atoms with Crippen molar-refractivity contribution < 1.29 is 19.5 Å². The molecule has 20 heavy (non-hydrogen) atoms.